The summed E-state index contributed by atoms with van der Waals surface area (Å²) < 4.78 is 5.56. The monoisotopic (exact) mass is 271 g/mol. The van der Waals surface area contributed by atoms with Crippen LogP contribution in [-0.2, 0) is 0 Å². The molecule has 2 N–H and O–H groups in total. The Labute approximate surface area is 112 Å². The highest BCUT2D eigenvalue weighted by Gasteiger charge is 2.28. The molecule has 1 saturated heterocycles. The molecule has 1 aliphatic heterocycles. The average molecular weight is 272 g/mol. The molecule has 2 rings (SSSR count). The predicted molar refractivity (Wildman–Crippen MR) is 70.0 cm³/mol. The molecule has 0 aliphatic carbocycles. The quantitative estimate of drug-likeness (QED) is 0.789. The second-order valence-corrected chi connectivity index (χ2v) is 4.99. The average Bonchev–Trinajstić information content (AvgIpc) is 2.67. The first-order chi connectivity index (χ1) is 8.65. The number of likely N-dealkylation sites (tertiary alicyclic amines) is 1. The van der Waals surface area contributed by atoms with Crippen LogP contribution in [0.15, 0.2) is 24.3 Å². The van der Waals surface area contributed by atoms with E-state index in [0.29, 0.717) is 24.7 Å². The third-order valence-electron chi connectivity index (χ3n) is 3.04. The number of hydrogen-bond acceptors (Lipinski definition) is 4. The summed E-state index contributed by atoms with van der Waals surface area (Å²) >= 11 is 5.78. The van der Waals surface area contributed by atoms with E-state index in [0.717, 1.165) is 18.7 Å². The van der Waals surface area contributed by atoms with Gasteiger partial charge in [0.05, 0.1) is 18.8 Å². The number of halogens is 1. The summed E-state index contributed by atoms with van der Waals surface area (Å²) in [6.45, 7) is 2.52. The topological polar surface area (TPSA) is 52.9 Å². The first-order valence-corrected chi connectivity index (χ1v) is 6.50. The molecule has 1 aromatic carbocycles. The second kappa shape index (κ2) is 6.38. The van der Waals surface area contributed by atoms with Crippen molar-refractivity contribution in [2.75, 3.05) is 26.2 Å². The van der Waals surface area contributed by atoms with Crippen molar-refractivity contribution in [3.8, 4) is 5.75 Å². The molecule has 18 heavy (non-hydrogen) atoms. The van der Waals surface area contributed by atoms with Crippen LogP contribution in [0.5, 0.6) is 5.75 Å². The molecule has 1 heterocycles. The Morgan fingerprint density at radius 1 is 1.17 bits per heavy atom. The molecular formula is C13H18ClNO3. The van der Waals surface area contributed by atoms with Gasteiger partial charge in [0.25, 0.3) is 0 Å². The molecule has 0 spiro atoms. The molecule has 4 nitrogen and oxygen atoms in total. The van der Waals surface area contributed by atoms with Crippen LogP contribution in [-0.4, -0.2) is 53.6 Å². The van der Waals surface area contributed by atoms with E-state index in [1.807, 2.05) is 17.0 Å². The van der Waals surface area contributed by atoms with Crippen LogP contribution in [0.3, 0.4) is 0 Å². The standard InChI is InChI=1S/C13H18ClNO3/c14-10-2-4-11(5-3-10)18-7-1-6-15-8-12(16)13(17)9-15/h2-5,12-13,16-17H,1,6-9H2/t12-,13+. The summed E-state index contributed by atoms with van der Waals surface area (Å²) in [5.41, 5.74) is 0. The second-order valence-electron chi connectivity index (χ2n) is 4.55. The molecule has 2 atom stereocenters. The molecule has 0 saturated carbocycles. The Bertz CT molecular complexity index is 361. The van der Waals surface area contributed by atoms with Gasteiger partial charge in [-0.1, -0.05) is 11.6 Å². The van der Waals surface area contributed by atoms with Crippen molar-refractivity contribution in [2.24, 2.45) is 0 Å². The number of aliphatic hydroxyl groups excluding tert-OH is 2. The molecule has 5 heteroatoms. The lowest BCUT2D eigenvalue weighted by atomic mass is 10.3. The third kappa shape index (κ3) is 3.85. The Balaban J connectivity index is 1.63. The highest BCUT2D eigenvalue weighted by atomic mass is 35.5. The Hall–Kier alpha value is -0.810. The number of nitrogens with zero attached hydrogens (tertiary/aromatic N) is 1. The number of β-amino-alcohol motifs (C(OH)–C–C–N with tert-alkyl or cyclic N) is 2. The maximum atomic E-state index is 9.39. The van der Waals surface area contributed by atoms with E-state index in [-0.39, 0.29) is 0 Å². The molecule has 0 unspecified atom stereocenters. The van der Waals surface area contributed by atoms with E-state index < -0.39 is 12.2 Å². The number of ether oxygens (including phenoxy) is 1. The largest absolute Gasteiger partial charge is 0.494 e. The van der Waals surface area contributed by atoms with Gasteiger partial charge in [0.1, 0.15) is 5.75 Å². The van der Waals surface area contributed by atoms with E-state index in [1.54, 1.807) is 12.1 Å². The zero-order valence-corrected chi connectivity index (χ0v) is 10.9. The smallest absolute Gasteiger partial charge is 0.119 e. The lowest BCUT2D eigenvalue weighted by Crippen LogP contribution is -2.24. The van der Waals surface area contributed by atoms with Crippen LogP contribution in [0.25, 0.3) is 0 Å². The number of hydrogen-bond donors (Lipinski definition) is 2. The van der Waals surface area contributed by atoms with E-state index in [2.05, 4.69) is 0 Å². The zero-order chi connectivity index (χ0) is 13.0. The van der Waals surface area contributed by atoms with E-state index in [4.69, 9.17) is 16.3 Å². The number of rotatable bonds is 5. The fourth-order valence-electron chi connectivity index (χ4n) is 2.04. The van der Waals surface area contributed by atoms with Crippen molar-refractivity contribution < 1.29 is 14.9 Å². The minimum Gasteiger partial charge on any atom is -0.494 e. The molecule has 0 aromatic heterocycles. The van der Waals surface area contributed by atoms with Crippen LogP contribution in [0.4, 0.5) is 0 Å². The van der Waals surface area contributed by atoms with Crippen molar-refractivity contribution in [1.82, 2.24) is 4.90 Å². The first kappa shape index (κ1) is 13.6. The van der Waals surface area contributed by atoms with Gasteiger partial charge in [0, 0.05) is 24.7 Å². The molecule has 1 aromatic rings. The Morgan fingerprint density at radius 3 is 2.39 bits per heavy atom. The SMILES string of the molecule is O[C@@H]1CN(CCCOc2ccc(Cl)cc2)C[C@@H]1O. The predicted octanol–water partition coefficient (Wildman–Crippen LogP) is 1.15. The summed E-state index contributed by atoms with van der Waals surface area (Å²) in [4.78, 5) is 2.04. The highest BCUT2D eigenvalue weighted by Crippen LogP contribution is 2.16. The fraction of sp³-hybridized carbons (Fsp3) is 0.538. The van der Waals surface area contributed by atoms with Gasteiger partial charge in [-0.05, 0) is 30.7 Å². The van der Waals surface area contributed by atoms with E-state index >= 15 is 0 Å². The molecule has 100 valence electrons. The normalized spacial score (nSPS) is 24.4. The van der Waals surface area contributed by atoms with Gasteiger partial charge in [0.15, 0.2) is 0 Å². The molecular weight excluding hydrogens is 254 g/mol. The molecule has 1 aliphatic rings. The van der Waals surface area contributed by atoms with Crippen LogP contribution < -0.4 is 4.74 Å². The van der Waals surface area contributed by atoms with Gasteiger partial charge in [-0.3, -0.25) is 4.90 Å². The first-order valence-electron chi connectivity index (χ1n) is 6.12. The lowest BCUT2D eigenvalue weighted by molar-refractivity contribution is 0.0572. The minimum absolute atomic E-state index is 0.544. The highest BCUT2D eigenvalue weighted by molar-refractivity contribution is 6.30. The summed E-state index contributed by atoms with van der Waals surface area (Å²) in [7, 11) is 0. The lowest BCUT2D eigenvalue weighted by Gasteiger charge is -2.14. The van der Waals surface area contributed by atoms with Crippen molar-refractivity contribution in [2.45, 2.75) is 18.6 Å². The number of aliphatic hydroxyl groups is 2. The minimum atomic E-state index is -0.609. The van der Waals surface area contributed by atoms with Crippen molar-refractivity contribution in [1.29, 1.82) is 0 Å². The maximum Gasteiger partial charge on any atom is 0.119 e. The van der Waals surface area contributed by atoms with Crippen LogP contribution >= 0.6 is 11.6 Å². The Morgan fingerprint density at radius 2 is 1.78 bits per heavy atom. The molecule has 0 bridgehead atoms. The van der Waals surface area contributed by atoms with Gasteiger partial charge < -0.3 is 14.9 Å². The Kier molecular flexibility index (Phi) is 4.83. The van der Waals surface area contributed by atoms with E-state index in [1.165, 1.54) is 0 Å². The molecule has 0 amide bonds. The molecule has 0 radical (unpaired) electrons. The number of benzene rings is 1. The third-order valence-corrected chi connectivity index (χ3v) is 3.29. The van der Waals surface area contributed by atoms with Crippen LogP contribution in [0, 0.1) is 0 Å². The summed E-state index contributed by atoms with van der Waals surface area (Å²) in [5.74, 6) is 0.806. The van der Waals surface area contributed by atoms with Gasteiger partial charge in [0.2, 0.25) is 0 Å². The van der Waals surface area contributed by atoms with Gasteiger partial charge in [-0.25, -0.2) is 0 Å². The van der Waals surface area contributed by atoms with Crippen molar-refractivity contribution in [3.05, 3.63) is 29.3 Å². The van der Waals surface area contributed by atoms with Gasteiger partial charge >= 0.3 is 0 Å². The molecule has 1 fully saturated rings. The van der Waals surface area contributed by atoms with Crippen LogP contribution in [0.1, 0.15) is 6.42 Å². The summed E-state index contributed by atoms with van der Waals surface area (Å²) in [6, 6.07) is 7.27. The van der Waals surface area contributed by atoms with Crippen LogP contribution in [0.2, 0.25) is 5.02 Å². The van der Waals surface area contributed by atoms with E-state index in [9.17, 15) is 10.2 Å². The zero-order valence-electron chi connectivity index (χ0n) is 10.1. The van der Waals surface area contributed by atoms with Gasteiger partial charge in [-0.2, -0.15) is 0 Å². The summed E-state index contributed by atoms with van der Waals surface area (Å²) in [6.07, 6.45) is -0.355. The summed E-state index contributed by atoms with van der Waals surface area (Å²) in [5, 5.41) is 19.5. The van der Waals surface area contributed by atoms with Crippen molar-refractivity contribution >= 4 is 11.6 Å². The maximum absolute atomic E-state index is 9.39. The fourth-order valence-corrected chi connectivity index (χ4v) is 2.16. The van der Waals surface area contributed by atoms with Gasteiger partial charge in [-0.15, -0.1) is 0 Å². The van der Waals surface area contributed by atoms with Crippen molar-refractivity contribution in [3.63, 3.8) is 0 Å².